The van der Waals surface area contributed by atoms with Gasteiger partial charge in [0.1, 0.15) is 12.2 Å². The third kappa shape index (κ3) is 4.10. The van der Waals surface area contributed by atoms with E-state index in [0.29, 0.717) is 23.8 Å². The van der Waals surface area contributed by atoms with Gasteiger partial charge in [-0.1, -0.05) is 17.7 Å². The first-order valence-corrected chi connectivity index (χ1v) is 10.3. The largest absolute Gasteiger partial charge is 0.368 e. The minimum Gasteiger partial charge on any atom is -0.368 e. The fraction of sp³-hybridized carbons (Fsp3) is 0.250. The fourth-order valence-corrected chi connectivity index (χ4v) is 4.03. The molecule has 0 saturated carbocycles. The third-order valence-electron chi connectivity index (χ3n) is 4.75. The van der Waals surface area contributed by atoms with Crippen molar-refractivity contribution in [1.82, 2.24) is 14.7 Å². The summed E-state index contributed by atoms with van der Waals surface area (Å²) in [6, 6.07) is 14.7. The van der Waals surface area contributed by atoms with Gasteiger partial charge in [0, 0.05) is 43.0 Å². The molecular formula is C20H19ClN4O2S. The average Bonchev–Trinajstić information content (AvgIpc) is 3.25. The smallest absolute Gasteiger partial charge is 0.267 e. The number of thiophene rings is 1. The summed E-state index contributed by atoms with van der Waals surface area (Å²) < 4.78 is 1.25. The van der Waals surface area contributed by atoms with Crippen LogP contribution in [0, 0.1) is 0 Å². The van der Waals surface area contributed by atoms with Crippen molar-refractivity contribution in [2.45, 2.75) is 6.54 Å². The van der Waals surface area contributed by atoms with Crippen molar-refractivity contribution >= 4 is 34.5 Å². The number of carbonyl (C=O) groups is 1. The van der Waals surface area contributed by atoms with Crippen LogP contribution in [0.15, 0.2) is 58.7 Å². The molecule has 0 aliphatic carbocycles. The Morgan fingerprint density at radius 2 is 1.79 bits per heavy atom. The van der Waals surface area contributed by atoms with Gasteiger partial charge in [0.25, 0.3) is 5.56 Å². The van der Waals surface area contributed by atoms with Gasteiger partial charge in [0.2, 0.25) is 5.91 Å². The second kappa shape index (κ2) is 8.16. The van der Waals surface area contributed by atoms with Crippen molar-refractivity contribution < 1.29 is 4.79 Å². The van der Waals surface area contributed by atoms with Gasteiger partial charge in [-0.05, 0) is 41.8 Å². The third-order valence-corrected chi connectivity index (χ3v) is 5.89. The van der Waals surface area contributed by atoms with E-state index in [2.05, 4.69) is 10.00 Å². The maximum Gasteiger partial charge on any atom is 0.267 e. The molecule has 2 aromatic heterocycles. The summed E-state index contributed by atoms with van der Waals surface area (Å²) in [5, 5.41) is 7.03. The quantitative estimate of drug-likeness (QED) is 0.658. The fourth-order valence-electron chi connectivity index (χ4n) is 3.21. The topological polar surface area (TPSA) is 58.4 Å². The van der Waals surface area contributed by atoms with Crippen LogP contribution >= 0.6 is 22.9 Å². The van der Waals surface area contributed by atoms with E-state index in [1.165, 1.54) is 10.7 Å². The molecule has 1 fully saturated rings. The van der Waals surface area contributed by atoms with Crippen LogP contribution in [0.4, 0.5) is 5.69 Å². The minimum absolute atomic E-state index is 0.0427. The van der Waals surface area contributed by atoms with Crippen LogP contribution in [-0.4, -0.2) is 46.8 Å². The lowest BCUT2D eigenvalue weighted by Crippen LogP contribution is -2.50. The van der Waals surface area contributed by atoms with E-state index in [9.17, 15) is 9.59 Å². The van der Waals surface area contributed by atoms with Crippen LogP contribution in [0.1, 0.15) is 0 Å². The van der Waals surface area contributed by atoms with Crippen molar-refractivity contribution in [3.63, 3.8) is 0 Å². The highest BCUT2D eigenvalue weighted by atomic mass is 35.5. The normalized spacial score (nSPS) is 14.3. The zero-order chi connectivity index (χ0) is 19.5. The molecule has 1 aliphatic heterocycles. The standard InChI is InChI=1S/C20H19ClN4O2S/c21-15-3-5-16(6-4-15)23-9-11-24(12-10-23)20(27)14-25-19(26)8-7-17(22-25)18-2-1-13-28-18/h1-8,13H,9-12,14H2. The Kier molecular flexibility index (Phi) is 5.45. The Hall–Kier alpha value is -2.64. The molecule has 1 saturated heterocycles. The second-order valence-corrected chi connectivity index (χ2v) is 7.92. The molecule has 1 aliphatic rings. The predicted molar refractivity (Wildman–Crippen MR) is 112 cm³/mol. The van der Waals surface area contributed by atoms with Crippen molar-refractivity contribution in [3.05, 3.63) is 69.3 Å². The molecule has 0 spiro atoms. The van der Waals surface area contributed by atoms with E-state index in [1.54, 1.807) is 22.3 Å². The van der Waals surface area contributed by atoms with Crippen molar-refractivity contribution in [1.29, 1.82) is 0 Å². The second-order valence-electron chi connectivity index (χ2n) is 6.54. The Morgan fingerprint density at radius 3 is 2.46 bits per heavy atom. The lowest BCUT2D eigenvalue weighted by atomic mass is 10.2. The maximum atomic E-state index is 12.7. The van der Waals surface area contributed by atoms with E-state index >= 15 is 0 Å². The minimum atomic E-state index is -0.270. The van der Waals surface area contributed by atoms with Gasteiger partial charge in [-0.15, -0.1) is 11.3 Å². The van der Waals surface area contributed by atoms with Crippen LogP contribution in [-0.2, 0) is 11.3 Å². The van der Waals surface area contributed by atoms with Crippen LogP contribution in [0.2, 0.25) is 5.02 Å². The molecule has 0 radical (unpaired) electrons. The van der Waals surface area contributed by atoms with Crippen LogP contribution in [0.5, 0.6) is 0 Å². The summed E-state index contributed by atoms with van der Waals surface area (Å²) in [4.78, 5) is 29.8. The number of carbonyl (C=O) groups excluding carboxylic acids is 1. The number of hydrogen-bond acceptors (Lipinski definition) is 5. The number of rotatable bonds is 4. The molecule has 0 bridgehead atoms. The summed E-state index contributed by atoms with van der Waals surface area (Å²) in [5.74, 6) is -0.0892. The molecule has 144 valence electrons. The number of aromatic nitrogens is 2. The van der Waals surface area contributed by atoms with Crippen LogP contribution in [0.3, 0.4) is 0 Å². The lowest BCUT2D eigenvalue weighted by molar-refractivity contribution is -0.132. The van der Waals surface area contributed by atoms with E-state index in [4.69, 9.17) is 11.6 Å². The number of anilines is 1. The van der Waals surface area contributed by atoms with Crippen molar-refractivity contribution in [3.8, 4) is 10.6 Å². The first-order chi connectivity index (χ1) is 13.6. The molecule has 8 heteroatoms. The zero-order valence-corrected chi connectivity index (χ0v) is 16.7. The van der Waals surface area contributed by atoms with Gasteiger partial charge < -0.3 is 9.80 Å². The number of halogens is 1. The highest BCUT2D eigenvalue weighted by molar-refractivity contribution is 7.13. The van der Waals surface area contributed by atoms with Crippen LogP contribution in [0.25, 0.3) is 10.6 Å². The highest BCUT2D eigenvalue weighted by Crippen LogP contribution is 2.21. The summed E-state index contributed by atoms with van der Waals surface area (Å²) in [5.41, 5.74) is 1.53. The Bertz CT molecular complexity index is 1010. The van der Waals surface area contributed by atoms with Gasteiger partial charge in [0.05, 0.1) is 4.88 Å². The molecule has 3 aromatic rings. The molecule has 0 atom stereocenters. The Balaban J connectivity index is 1.40. The van der Waals surface area contributed by atoms with E-state index in [1.807, 2.05) is 41.8 Å². The van der Waals surface area contributed by atoms with Gasteiger partial charge in [-0.3, -0.25) is 9.59 Å². The number of piperazine rings is 1. The molecule has 6 nitrogen and oxygen atoms in total. The first-order valence-electron chi connectivity index (χ1n) is 9.00. The molecule has 1 amide bonds. The van der Waals surface area contributed by atoms with Gasteiger partial charge >= 0.3 is 0 Å². The van der Waals surface area contributed by atoms with E-state index < -0.39 is 0 Å². The first kappa shape index (κ1) is 18.7. The van der Waals surface area contributed by atoms with E-state index in [0.717, 1.165) is 23.7 Å². The number of nitrogens with zero attached hydrogens (tertiary/aromatic N) is 4. The molecule has 4 rings (SSSR count). The summed E-state index contributed by atoms with van der Waals surface area (Å²) in [6.45, 7) is 2.66. The Labute approximate surface area is 171 Å². The summed E-state index contributed by atoms with van der Waals surface area (Å²) >= 11 is 7.49. The highest BCUT2D eigenvalue weighted by Gasteiger charge is 2.22. The molecule has 0 unspecified atom stereocenters. The molecule has 3 heterocycles. The molecule has 1 aromatic carbocycles. The SMILES string of the molecule is O=C(Cn1nc(-c2cccs2)ccc1=O)N1CCN(c2ccc(Cl)cc2)CC1. The number of amides is 1. The molecule has 28 heavy (non-hydrogen) atoms. The maximum absolute atomic E-state index is 12.7. The van der Waals surface area contributed by atoms with Crippen LogP contribution < -0.4 is 10.5 Å². The predicted octanol–water partition coefficient (Wildman–Crippen LogP) is 2.97. The Morgan fingerprint density at radius 1 is 1.04 bits per heavy atom. The summed E-state index contributed by atoms with van der Waals surface area (Å²) in [7, 11) is 0. The van der Waals surface area contributed by atoms with Crippen molar-refractivity contribution in [2.75, 3.05) is 31.1 Å². The zero-order valence-electron chi connectivity index (χ0n) is 15.1. The number of benzene rings is 1. The lowest BCUT2D eigenvalue weighted by Gasteiger charge is -2.36. The molecule has 0 N–H and O–H groups in total. The van der Waals surface area contributed by atoms with Gasteiger partial charge in [0.15, 0.2) is 0 Å². The summed E-state index contributed by atoms with van der Waals surface area (Å²) in [6.07, 6.45) is 0. The van der Waals surface area contributed by atoms with Gasteiger partial charge in [-0.25, -0.2) is 4.68 Å². The number of hydrogen-bond donors (Lipinski definition) is 0. The van der Waals surface area contributed by atoms with Gasteiger partial charge in [-0.2, -0.15) is 5.10 Å². The monoisotopic (exact) mass is 414 g/mol. The average molecular weight is 415 g/mol. The van der Waals surface area contributed by atoms with E-state index in [-0.39, 0.29) is 18.0 Å². The van der Waals surface area contributed by atoms with Crippen molar-refractivity contribution in [2.24, 2.45) is 0 Å². The molecular weight excluding hydrogens is 396 g/mol.